The van der Waals surface area contributed by atoms with Gasteiger partial charge in [-0.15, -0.1) is 0 Å². The number of carbonyl (C=O) groups excluding carboxylic acids is 1. The molecule has 0 aliphatic carbocycles. The van der Waals surface area contributed by atoms with Gasteiger partial charge in [-0.05, 0) is 43.2 Å². The highest BCUT2D eigenvalue weighted by Gasteiger charge is 2.23. The molecule has 0 aliphatic heterocycles. The van der Waals surface area contributed by atoms with E-state index in [2.05, 4.69) is 10.1 Å². The Morgan fingerprint density at radius 3 is 2.50 bits per heavy atom. The van der Waals surface area contributed by atoms with Gasteiger partial charge in [-0.25, -0.2) is 9.67 Å². The van der Waals surface area contributed by atoms with Crippen molar-refractivity contribution in [2.75, 3.05) is 11.4 Å². The van der Waals surface area contributed by atoms with Crippen LogP contribution in [-0.4, -0.2) is 32.2 Å². The SMILES string of the molecule is CCN(C(=O)c1cc(-c2ccccc2)nc2c1cnn2Cc1cccnc1)c1ccccc1C. The summed E-state index contributed by atoms with van der Waals surface area (Å²) in [6.45, 7) is 5.09. The Morgan fingerprint density at radius 2 is 1.76 bits per heavy atom. The van der Waals surface area contributed by atoms with E-state index in [0.29, 0.717) is 24.3 Å². The Kier molecular flexibility index (Phi) is 5.87. The minimum Gasteiger partial charge on any atom is -0.308 e. The van der Waals surface area contributed by atoms with Crippen molar-refractivity contribution in [1.82, 2.24) is 19.7 Å². The van der Waals surface area contributed by atoms with Gasteiger partial charge in [0.2, 0.25) is 0 Å². The molecule has 168 valence electrons. The molecule has 0 saturated heterocycles. The van der Waals surface area contributed by atoms with Crippen molar-refractivity contribution in [3.8, 4) is 11.3 Å². The Hall–Kier alpha value is -4.32. The van der Waals surface area contributed by atoms with E-state index in [0.717, 1.165) is 33.5 Å². The summed E-state index contributed by atoms with van der Waals surface area (Å²) in [4.78, 5) is 24.9. The molecule has 5 aromatic rings. The van der Waals surface area contributed by atoms with E-state index >= 15 is 0 Å². The van der Waals surface area contributed by atoms with Crippen molar-refractivity contribution in [2.45, 2.75) is 20.4 Å². The van der Waals surface area contributed by atoms with Crippen molar-refractivity contribution in [2.24, 2.45) is 0 Å². The molecule has 1 amide bonds. The van der Waals surface area contributed by atoms with Crippen molar-refractivity contribution >= 4 is 22.6 Å². The van der Waals surface area contributed by atoms with Crippen LogP contribution in [0.25, 0.3) is 22.3 Å². The van der Waals surface area contributed by atoms with E-state index in [9.17, 15) is 4.79 Å². The predicted octanol–water partition coefficient (Wildman–Crippen LogP) is 5.52. The summed E-state index contributed by atoms with van der Waals surface area (Å²) in [5.41, 5.74) is 5.93. The normalized spacial score (nSPS) is 11.0. The Bertz CT molecular complexity index is 1440. The molecule has 3 aromatic heterocycles. The average molecular weight is 448 g/mol. The van der Waals surface area contributed by atoms with Gasteiger partial charge in [-0.1, -0.05) is 54.6 Å². The third-order valence-electron chi connectivity index (χ3n) is 5.93. The molecule has 0 N–H and O–H groups in total. The largest absolute Gasteiger partial charge is 0.308 e. The summed E-state index contributed by atoms with van der Waals surface area (Å²) >= 11 is 0. The lowest BCUT2D eigenvalue weighted by Crippen LogP contribution is -2.31. The van der Waals surface area contributed by atoms with Gasteiger partial charge in [0.1, 0.15) is 0 Å². The smallest absolute Gasteiger partial charge is 0.259 e. The van der Waals surface area contributed by atoms with Crippen LogP contribution in [0.15, 0.2) is 91.4 Å². The molecule has 0 saturated carbocycles. The maximum absolute atomic E-state index is 13.9. The van der Waals surface area contributed by atoms with Gasteiger partial charge in [0.15, 0.2) is 5.65 Å². The van der Waals surface area contributed by atoms with Gasteiger partial charge in [-0.3, -0.25) is 9.78 Å². The van der Waals surface area contributed by atoms with E-state index < -0.39 is 0 Å². The van der Waals surface area contributed by atoms with E-state index in [1.807, 2.05) is 102 Å². The van der Waals surface area contributed by atoms with Gasteiger partial charge in [-0.2, -0.15) is 5.10 Å². The first-order chi connectivity index (χ1) is 16.7. The molecule has 5 rings (SSSR count). The molecule has 0 fully saturated rings. The number of rotatable bonds is 6. The highest BCUT2D eigenvalue weighted by Crippen LogP contribution is 2.28. The number of hydrogen-bond donors (Lipinski definition) is 0. The molecule has 6 nitrogen and oxygen atoms in total. The zero-order chi connectivity index (χ0) is 23.5. The van der Waals surface area contributed by atoms with Crippen LogP contribution in [0, 0.1) is 6.92 Å². The molecular formula is C28H25N5O. The standard InChI is InChI=1S/C28H25N5O/c1-3-32(26-14-8-7-10-20(26)2)28(34)23-16-25(22-12-5-4-6-13-22)31-27-24(23)18-30-33(27)19-21-11-9-15-29-17-21/h4-18H,3,19H2,1-2H3. The number of hydrogen-bond acceptors (Lipinski definition) is 4. The lowest BCUT2D eigenvalue weighted by atomic mass is 10.0. The summed E-state index contributed by atoms with van der Waals surface area (Å²) in [7, 11) is 0. The number of amides is 1. The number of fused-ring (bicyclic) bond motifs is 1. The van der Waals surface area contributed by atoms with E-state index in [1.165, 1.54) is 0 Å². The Morgan fingerprint density at radius 1 is 0.971 bits per heavy atom. The Balaban J connectivity index is 1.67. The fourth-order valence-corrected chi connectivity index (χ4v) is 4.20. The summed E-state index contributed by atoms with van der Waals surface area (Å²) in [5.74, 6) is -0.0673. The second kappa shape index (κ2) is 9.27. The van der Waals surface area contributed by atoms with E-state index in [-0.39, 0.29) is 5.91 Å². The Labute approximate surface area is 198 Å². The van der Waals surface area contributed by atoms with E-state index in [4.69, 9.17) is 4.98 Å². The number of pyridine rings is 2. The highest BCUT2D eigenvalue weighted by atomic mass is 16.2. The van der Waals surface area contributed by atoms with E-state index in [1.54, 1.807) is 12.4 Å². The number of anilines is 1. The fraction of sp³-hybridized carbons (Fsp3) is 0.143. The molecule has 0 spiro atoms. The molecule has 0 aliphatic rings. The fourth-order valence-electron chi connectivity index (χ4n) is 4.20. The van der Waals surface area contributed by atoms with Gasteiger partial charge in [0.25, 0.3) is 5.91 Å². The summed E-state index contributed by atoms with van der Waals surface area (Å²) < 4.78 is 1.83. The maximum atomic E-state index is 13.9. The van der Waals surface area contributed by atoms with Crippen molar-refractivity contribution in [3.63, 3.8) is 0 Å². The quantitative estimate of drug-likeness (QED) is 0.344. The van der Waals surface area contributed by atoms with Crippen LogP contribution in [0.2, 0.25) is 0 Å². The van der Waals surface area contributed by atoms with Crippen molar-refractivity contribution in [3.05, 3.63) is 108 Å². The van der Waals surface area contributed by atoms with Gasteiger partial charge in [0, 0.05) is 30.2 Å². The lowest BCUT2D eigenvalue weighted by Gasteiger charge is -2.23. The third-order valence-corrected chi connectivity index (χ3v) is 5.93. The highest BCUT2D eigenvalue weighted by molar-refractivity contribution is 6.14. The molecule has 2 aromatic carbocycles. The number of nitrogens with zero attached hydrogens (tertiary/aromatic N) is 5. The van der Waals surface area contributed by atoms with Crippen LogP contribution < -0.4 is 4.90 Å². The monoisotopic (exact) mass is 447 g/mol. The van der Waals surface area contributed by atoms with Crippen LogP contribution in [0.3, 0.4) is 0 Å². The topological polar surface area (TPSA) is 63.9 Å². The molecule has 0 bridgehead atoms. The number of aromatic nitrogens is 4. The average Bonchev–Trinajstić information content (AvgIpc) is 3.28. The molecule has 34 heavy (non-hydrogen) atoms. The maximum Gasteiger partial charge on any atom is 0.259 e. The van der Waals surface area contributed by atoms with Gasteiger partial charge in [0.05, 0.1) is 29.4 Å². The molecule has 0 atom stereocenters. The number of carbonyl (C=O) groups is 1. The molecule has 0 radical (unpaired) electrons. The van der Waals surface area contributed by atoms with Gasteiger partial charge >= 0.3 is 0 Å². The van der Waals surface area contributed by atoms with Crippen LogP contribution in [0.5, 0.6) is 0 Å². The predicted molar refractivity (Wildman–Crippen MR) is 135 cm³/mol. The summed E-state index contributed by atoms with van der Waals surface area (Å²) in [6.07, 6.45) is 5.31. The lowest BCUT2D eigenvalue weighted by molar-refractivity contribution is 0.0989. The molecular weight excluding hydrogens is 422 g/mol. The first-order valence-electron chi connectivity index (χ1n) is 11.3. The van der Waals surface area contributed by atoms with Crippen LogP contribution in [0.1, 0.15) is 28.4 Å². The summed E-state index contributed by atoms with van der Waals surface area (Å²) in [6, 6.07) is 23.7. The summed E-state index contributed by atoms with van der Waals surface area (Å²) in [5, 5.41) is 5.34. The first-order valence-corrected chi connectivity index (χ1v) is 11.3. The van der Waals surface area contributed by atoms with Crippen LogP contribution in [-0.2, 0) is 6.54 Å². The van der Waals surface area contributed by atoms with Crippen molar-refractivity contribution < 1.29 is 4.79 Å². The second-order valence-electron chi connectivity index (χ2n) is 8.16. The van der Waals surface area contributed by atoms with Crippen molar-refractivity contribution in [1.29, 1.82) is 0 Å². The zero-order valence-electron chi connectivity index (χ0n) is 19.2. The number of para-hydroxylation sites is 1. The minimum absolute atomic E-state index is 0.0673. The second-order valence-corrected chi connectivity index (χ2v) is 8.16. The zero-order valence-corrected chi connectivity index (χ0v) is 19.2. The van der Waals surface area contributed by atoms with Crippen LogP contribution in [0.4, 0.5) is 5.69 Å². The minimum atomic E-state index is -0.0673. The van der Waals surface area contributed by atoms with Gasteiger partial charge < -0.3 is 4.90 Å². The first kappa shape index (κ1) is 21.5. The molecule has 3 heterocycles. The molecule has 6 heteroatoms. The third kappa shape index (κ3) is 4.06. The van der Waals surface area contributed by atoms with Crippen LogP contribution >= 0.6 is 0 Å². The number of benzene rings is 2. The number of aryl methyl sites for hydroxylation is 1. The molecule has 0 unspecified atom stereocenters.